The predicted octanol–water partition coefficient (Wildman–Crippen LogP) is 4.12. The number of ether oxygens (including phenoxy) is 1. The zero-order chi connectivity index (χ0) is 27.7. The third-order valence-corrected chi connectivity index (χ3v) is 9.19. The van der Waals surface area contributed by atoms with E-state index in [4.69, 9.17) is 9.88 Å². The van der Waals surface area contributed by atoms with Crippen molar-refractivity contribution in [3.05, 3.63) is 41.3 Å². The van der Waals surface area contributed by atoms with Gasteiger partial charge in [-0.15, -0.1) is 11.8 Å². The van der Waals surface area contributed by atoms with Crippen LogP contribution in [0, 0.1) is 0 Å². The van der Waals surface area contributed by atoms with E-state index in [-0.39, 0.29) is 5.69 Å². The molecule has 0 amide bonds. The second-order valence-electron chi connectivity index (χ2n) is 8.13. The number of allylic oxidation sites excluding steroid dienone is 3. The van der Waals surface area contributed by atoms with Crippen LogP contribution in [-0.2, 0) is 24.6 Å². The molecular weight excluding hydrogens is 551 g/mol. The largest absolute Gasteiger partial charge is 0.501 e. The van der Waals surface area contributed by atoms with Crippen molar-refractivity contribution in [2.75, 3.05) is 43.9 Å². The van der Waals surface area contributed by atoms with Crippen LogP contribution in [0.3, 0.4) is 0 Å². The van der Waals surface area contributed by atoms with Crippen molar-refractivity contribution < 1.29 is 34.7 Å². The molecule has 8 nitrogen and oxygen atoms in total. The molecule has 2 aliphatic rings. The molecule has 1 saturated heterocycles. The topological polar surface area (TPSA) is 119 Å². The molecular formula is C23H34F3N3O5S3. The van der Waals surface area contributed by atoms with Crippen LogP contribution in [0.1, 0.15) is 33.1 Å². The number of rotatable bonds is 10. The molecule has 1 atom stereocenters. The predicted molar refractivity (Wildman–Crippen MR) is 141 cm³/mol. The summed E-state index contributed by atoms with van der Waals surface area (Å²) in [7, 11) is -10.3. The number of hydrogen-bond acceptors (Lipinski definition) is 8. The summed E-state index contributed by atoms with van der Waals surface area (Å²) in [5.74, 6) is 0.461. The van der Waals surface area contributed by atoms with E-state index in [9.17, 15) is 30.0 Å². The Balaban J connectivity index is 0.00000235. The average molecular weight is 586 g/mol. The molecule has 1 fully saturated rings. The van der Waals surface area contributed by atoms with E-state index in [1.54, 1.807) is 0 Å². The van der Waals surface area contributed by atoms with Crippen molar-refractivity contribution in [3.63, 3.8) is 0 Å². The summed E-state index contributed by atoms with van der Waals surface area (Å²) in [6.07, 6.45) is 8.45. The van der Waals surface area contributed by atoms with Gasteiger partial charge in [-0.25, -0.2) is 22.0 Å². The van der Waals surface area contributed by atoms with Crippen molar-refractivity contribution >= 4 is 37.3 Å². The van der Waals surface area contributed by atoms with Crippen molar-refractivity contribution in [3.8, 4) is 0 Å². The Kier molecular flexibility index (Phi) is 12.0. The molecule has 0 spiro atoms. The molecule has 1 unspecified atom stereocenters. The standard InChI is InChI=1S/C21H28F3N3O5S3.C2H6/c22-21(23,24)34(28,29)20-14-18(35(25,30)31)6-7-19(20)26-16(8-9-27-10-12-32-13-11-27)15-33-17-4-2-1-3-5-17;1-2/h2,4-7,14,16,26H,1,3,8-13,15H2,(H2,25,30,31);1-2H3. The van der Waals surface area contributed by atoms with Gasteiger partial charge in [-0.1, -0.05) is 32.1 Å². The summed E-state index contributed by atoms with van der Waals surface area (Å²) >= 11 is 1.52. The zero-order valence-electron chi connectivity index (χ0n) is 20.8. The number of sulfone groups is 1. The first kappa shape index (κ1) is 31.6. The van der Waals surface area contributed by atoms with Gasteiger partial charge in [0.1, 0.15) is 4.90 Å². The van der Waals surface area contributed by atoms with Crippen LogP contribution < -0.4 is 10.5 Å². The number of nitrogens with two attached hydrogens (primary N) is 1. The molecule has 3 N–H and O–H groups in total. The molecule has 1 heterocycles. The van der Waals surface area contributed by atoms with Gasteiger partial charge in [0.2, 0.25) is 10.0 Å². The Hall–Kier alpha value is -1.58. The van der Waals surface area contributed by atoms with Gasteiger partial charge in [0.05, 0.1) is 23.8 Å². The second-order valence-corrected chi connectivity index (χ2v) is 12.7. The van der Waals surface area contributed by atoms with Crippen LogP contribution in [-0.4, -0.2) is 71.9 Å². The molecule has 1 aromatic rings. The normalized spacial score (nSPS) is 17.9. The van der Waals surface area contributed by atoms with Gasteiger partial charge in [-0.05, 0) is 37.5 Å². The molecule has 0 saturated carbocycles. The number of alkyl halides is 3. The highest BCUT2D eigenvalue weighted by Crippen LogP contribution is 2.36. The first-order valence-electron chi connectivity index (χ1n) is 11.9. The molecule has 210 valence electrons. The number of nitrogens with one attached hydrogen (secondary N) is 1. The van der Waals surface area contributed by atoms with E-state index in [0.29, 0.717) is 38.0 Å². The average Bonchev–Trinajstić information content (AvgIpc) is 2.87. The lowest BCUT2D eigenvalue weighted by atomic mass is 10.2. The van der Waals surface area contributed by atoms with Crippen LogP contribution in [0.2, 0.25) is 0 Å². The number of thioether (sulfide) groups is 1. The van der Waals surface area contributed by atoms with E-state index in [2.05, 4.69) is 16.3 Å². The smallest absolute Gasteiger partial charge is 0.380 e. The zero-order valence-corrected chi connectivity index (χ0v) is 23.3. The fourth-order valence-corrected chi connectivity index (χ4v) is 6.25. The highest BCUT2D eigenvalue weighted by Gasteiger charge is 2.48. The Labute approximate surface area is 221 Å². The summed E-state index contributed by atoms with van der Waals surface area (Å²) in [5, 5.41) is 7.97. The monoisotopic (exact) mass is 585 g/mol. The van der Waals surface area contributed by atoms with Crippen LogP contribution in [0.4, 0.5) is 18.9 Å². The summed E-state index contributed by atoms with van der Waals surface area (Å²) in [4.78, 5) is 1.31. The lowest BCUT2D eigenvalue weighted by Gasteiger charge is -2.29. The Bertz CT molecular complexity index is 1160. The summed E-state index contributed by atoms with van der Waals surface area (Å²) in [6.45, 7) is 7.27. The van der Waals surface area contributed by atoms with Crippen LogP contribution >= 0.6 is 11.8 Å². The van der Waals surface area contributed by atoms with Gasteiger partial charge in [0.25, 0.3) is 9.84 Å². The maximum Gasteiger partial charge on any atom is 0.501 e. The van der Waals surface area contributed by atoms with E-state index >= 15 is 0 Å². The third kappa shape index (κ3) is 9.29. The number of hydrogen-bond donors (Lipinski definition) is 2. The maximum atomic E-state index is 13.4. The quantitative estimate of drug-likeness (QED) is 0.421. The van der Waals surface area contributed by atoms with Crippen LogP contribution in [0.25, 0.3) is 0 Å². The summed E-state index contributed by atoms with van der Waals surface area (Å²) in [5.41, 5.74) is -5.94. The fourth-order valence-electron chi connectivity index (χ4n) is 3.62. The minimum Gasteiger partial charge on any atom is -0.380 e. The molecule has 3 rings (SSSR count). The van der Waals surface area contributed by atoms with Crippen molar-refractivity contribution in [1.82, 2.24) is 4.90 Å². The fraction of sp³-hybridized carbons (Fsp3) is 0.565. The minimum absolute atomic E-state index is 0.324. The van der Waals surface area contributed by atoms with Gasteiger partial charge < -0.3 is 10.1 Å². The van der Waals surface area contributed by atoms with Gasteiger partial charge >= 0.3 is 5.51 Å². The van der Waals surface area contributed by atoms with E-state index < -0.39 is 41.2 Å². The Morgan fingerprint density at radius 3 is 2.38 bits per heavy atom. The van der Waals surface area contributed by atoms with Gasteiger partial charge in [0, 0.05) is 36.3 Å². The molecule has 0 radical (unpaired) electrons. The molecule has 1 aliphatic heterocycles. The number of sulfonamides is 1. The Morgan fingerprint density at radius 2 is 1.81 bits per heavy atom. The van der Waals surface area contributed by atoms with E-state index in [0.717, 1.165) is 43.0 Å². The summed E-state index contributed by atoms with van der Waals surface area (Å²) in [6, 6.07) is 2.07. The third-order valence-electron chi connectivity index (χ3n) is 5.55. The molecule has 37 heavy (non-hydrogen) atoms. The summed E-state index contributed by atoms with van der Waals surface area (Å²) < 4.78 is 93.6. The van der Waals surface area contributed by atoms with E-state index in [1.165, 1.54) is 11.8 Å². The minimum atomic E-state index is -5.85. The first-order chi connectivity index (χ1) is 17.4. The van der Waals surface area contributed by atoms with E-state index in [1.807, 2.05) is 26.0 Å². The number of benzene rings is 1. The lowest BCUT2D eigenvalue weighted by molar-refractivity contribution is -0.0435. The molecule has 0 bridgehead atoms. The number of halogens is 3. The van der Waals surface area contributed by atoms with Crippen LogP contribution in [0.5, 0.6) is 0 Å². The SMILES string of the molecule is CC.NS(=O)(=O)c1ccc(NC(CCN2CCOCC2)CSC2=CCCC=C2)c(S(=O)(=O)C(F)(F)F)c1. The number of primary sulfonamides is 1. The Morgan fingerprint density at radius 1 is 1.14 bits per heavy atom. The van der Waals surface area contributed by atoms with Crippen molar-refractivity contribution in [2.45, 2.75) is 54.5 Å². The van der Waals surface area contributed by atoms with Gasteiger partial charge in [-0.3, -0.25) is 4.90 Å². The molecule has 1 aliphatic carbocycles. The molecule has 1 aromatic carbocycles. The highest BCUT2D eigenvalue weighted by atomic mass is 32.2. The molecule has 0 aromatic heterocycles. The molecule has 14 heteroatoms. The number of morpholine rings is 1. The number of anilines is 1. The highest BCUT2D eigenvalue weighted by molar-refractivity contribution is 8.03. The second kappa shape index (κ2) is 14.0. The van der Waals surface area contributed by atoms with Crippen molar-refractivity contribution in [1.29, 1.82) is 0 Å². The maximum absolute atomic E-state index is 13.4. The lowest BCUT2D eigenvalue weighted by Crippen LogP contribution is -2.39. The van der Waals surface area contributed by atoms with Gasteiger partial charge in [-0.2, -0.15) is 13.2 Å². The van der Waals surface area contributed by atoms with Crippen LogP contribution in [0.15, 0.2) is 51.1 Å². The van der Waals surface area contributed by atoms with Gasteiger partial charge in [0.15, 0.2) is 0 Å². The first-order valence-corrected chi connectivity index (χ1v) is 15.9. The number of nitrogens with zero attached hydrogens (tertiary/aromatic N) is 1. The van der Waals surface area contributed by atoms with Crippen molar-refractivity contribution in [2.24, 2.45) is 5.14 Å².